The molecular weight excluding hydrogens is 224 g/mol. The van der Waals surface area contributed by atoms with Gasteiger partial charge in [-0.3, -0.25) is 0 Å². The minimum atomic E-state index is 0.205. The molecular formula is C14H26N4. The molecule has 1 atom stereocenters. The minimum absolute atomic E-state index is 0.205. The fourth-order valence-electron chi connectivity index (χ4n) is 1.88. The molecule has 1 heterocycles. The molecule has 0 radical (unpaired) electrons. The Bertz CT molecular complexity index is 334. The lowest BCUT2D eigenvalue weighted by atomic mass is 10.1. The van der Waals surface area contributed by atoms with Gasteiger partial charge in [-0.2, -0.15) is 0 Å². The maximum Gasteiger partial charge on any atom is 0.225 e. The number of nitrogens with zero attached hydrogens (tertiary/aromatic N) is 3. The van der Waals surface area contributed by atoms with Crippen molar-refractivity contribution in [1.82, 2.24) is 9.97 Å². The quantitative estimate of drug-likeness (QED) is 0.807. The van der Waals surface area contributed by atoms with E-state index in [1.165, 1.54) is 0 Å². The maximum atomic E-state index is 5.93. The highest BCUT2D eigenvalue weighted by molar-refractivity contribution is 5.31. The second kappa shape index (κ2) is 7.31. The van der Waals surface area contributed by atoms with Crippen molar-refractivity contribution < 1.29 is 0 Å². The van der Waals surface area contributed by atoms with Crippen LogP contribution in [0, 0.1) is 0 Å². The zero-order chi connectivity index (χ0) is 13.5. The van der Waals surface area contributed by atoms with Crippen molar-refractivity contribution in [1.29, 1.82) is 0 Å². The summed E-state index contributed by atoms with van der Waals surface area (Å²) in [6.07, 6.45) is 6.75. The van der Waals surface area contributed by atoms with Gasteiger partial charge in [0.15, 0.2) is 0 Å². The van der Waals surface area contributed by atoms with Gasteiger partial charge in [0.1, 0.15) is 0 Å². The van der Waals surface area contributed by atoms with Crippen LogP contribution in [0.3, 0.4) is 0 Å². The summed E-state index contributed by atoms with van der Waals surface area (Å²) in [4.78, 5) is 11.2. The molecule has 1 aromatic rings. The molecule has 0 saturated heterocycles. The number of aromatic nitrogens is 2. The third-order valence-electron chi connectivity index (χ3n) is 3.06. The van der Waals surface area contributed by atoms with Crippen molar-refractivity contribution in [2.75, 3.05) is 11.4 Å². The Morgan fingerprint density at radius 2 is 1.83 bits per heavy atom. The number of hydrogen-bond acceptors (Lipinski definition) is 4. The van der Waals surface area contributed by atoms with Crippen LogP contribution in [0.1, 0.15) is 46.1 Å². The lowest BCUT2D eigenvalue weighted by Gasteiger charge is -2.26. The first-order valence-electron chi connectivity index (χ1n) is 6.91. The van der Waals surface area contributed by atoms with Crippen LogP contribution in [0.25, 0.3) is 0 Å². The van der Waals surface area contributed by atoms with Gasteiger partial charge >= 0.3 is 0 Å². The van der Waals surface area contributed by atoms with Gasteiger partial charge in [-0.05, 0) is 38.7 Å². The van der Waals surface area contributed by atoms with Crippen LogP contribution in [0.15, 0.2) is 12.4 Å². The van der Waals surface area contributed by atoms with Crippen molar-refractivity contribution in [2.24, 2.45) is 5.73 Å². The van der Waals surface area contributed by atoms with Crippen LogP contribution in [0.2, 0.25) is 0 Å². The summed E-state index contributed by atoms with van der Waals surface area (Å²) < 4.78 is 0. The van der Waals surface area contributed by atoms with Crippen molar-refractivity contribution in [2.45, 2.75) is 59.0 Å². The number of anilines is 1. The minimum Gasteiger partial charge on any atom is -0.338 e. The van der Waals surface area contributed by atoms with E-state index in [0.29, 0.717) is 6.04 Å². The third-order valence-corrected chi connectivity index (χ3v) is 3.06. The third kappa shape index (κ3) is 4.26. The standard InChI is InChI=1S/C14H26N4/c1-5-7-18(11(3)4)14-16-9-12(10-17-14)8-13(15)6-2/h9-11,13H,5-8,15H2,1-4H3. The predicted octanol–water partition coefficient (Wildman–Crippen LogP) is 2.38. The van der Waals surface area contributed by atoms with Crippen LogP contribution >= 0.6 is 0 Å². The van der Waals surface area contributed by atoms with Crippen LogP contribution in [0.5, 0.6) is 0 Å². The molecule has 0 aliphatic heterocycles. The van der Waals surface area contributed by atoms with E-state index in [1.54, 1.807) is 0 Å². The molecule has 1 rings (SSSR count). The van der Waals surface area contributed by atoms with Crippen LogP contribution in [-0.2, 0) is 6.42 Å². The first-order valence-corrected chi connectivity index (χ1v) is 6.91. The molecule has 0 fully saturated rings. The summed E-state index contributed by atoms with van der Waals surface area (Å²) in [6.45, 7) is 9.59. The Morgan fingerprint density at radius 3 is 2.28 bits per heavy atom. The Labute approximate surface area is 111 Å². The molecule has 4 heteroatoms. The van der Waals surface area contributed by atoms with Crippen LogP contribution in [-0.4, -0.2) is 28.6 Å². The second-order valence-corrected chi connectivity index (χ2v) is 5.05. The molecule has 0 aliphatic carbocycles. The van der Waals surface area contributed by atoms with Gasteiger partial charge in [0.05, 0.1) is 0 Å². The zero-order valence-corrected chi connectivity index (χ0v) is 12.1. The smallest absolute Gasteiger partial charge is 0.225 e. The highest BCUT2D eigenvalue weighted by Gasteiger charge is 2.12. The van der Waals surface area contributed by atoms with Gasteiger partial charge in [-0.15, -0.1) is 0 Å². The summed E-state index contributed by atoms with van der Waals surface area (Å²) in [7, 11) is 0. The van der Waals surface area contributed by atoms with Crippen LogP contribution < -0.4 is 10.6 Å². The lowest BCUT2D eigenvalue weighted by Crippen LogP contribution is -2.33. The van der Waals surface area contributed by atoms with E-state index in [9.17, 15) is 0 Å². The van der Waals surface area contributed by atoms with Gasteiger partial charge in [0.25, 0.3) is 0 Å². The number of hydrogen-bond donors (Lipinski definition) is 1. The molecule has 0 bridgehead atoms. The first kappa shape index (κ1) is 14.9. The molecule has 0 aromatic carbocycles. The summed E-state index contributed by atoms with van der Waals surface area (Å²) in [5.41, 5.74) is 7.05. The van der Waals surface area contributed by atoms with E-state index < -0.39 is 0 Å². The summed E-state index contributed by atoms with van der Waals surface area (Å²) in [5.74, 6) is 0.820. The predicted molar refractivity (Wildman–Crippen MR) is 76.8 cm³/mol. The SMILES string of the molecule is CCCN(c1ncc(CC(N)CC)cn1)C(C)C. The summed E-state index contributed by atoms with van der Waals surface area (Å²) in [5, 5.41) is 0. The molecule has 18 heavy (non-hydrogen) atoms. The van der Waals surface area contributed by atoms with Gasteiger partial charge in [-0.1, -0.05) is 13.8 Å². The van der Waals surface area contributed by atoms with Crippen molar-refractivity contribution in [3.63, 3.8) is 0 Å². The molecule has 1 unspecified atom stereocenters. The Kier molecular flexibility index (Phi) is 6.05. The van der Waals surface area contributed by atoms with Gasteiger partial charge in [0.2, 0.25) is 5.95 Å². The topological polar surface area (TPSA) is 55.0 Å². The van der Waals surface area contributed by atoms with E-state index in [-0.39, 0.29) is 6.04 Å². The van der Waals surface area contributed by atoms with Crippen molar-refractivity contribution >= 4 is 5.95 Å². The molecule has 4 nitrogen and oxygen atoms in total. The molecule has 102 valence electrons. The van der Waals surface area contributed by atoms with Gasteiger partial charge < -0.3 is 10.6 Å². The van der Waals surface area contributed by atoms with Crippen molar-refractivity contribution in [3.05, 3.63) is 18.0 Å². The summed E-state index contributed by atoms with van der Waals surface area (Å²) in [6, 6.07) is 0.630. The molecule has 2 N–H and O–H groups in total. The lowest BCUT2D eigenvalue weighted by molar-refractivity contribution is 0.635. The van der Waals surface area contributed by atoms with Crippen molar-refractivity contribution in [3.8, 4) is 0 Å². The highest BCUT2D eigenvalue weighted by atomic mass is 15.3. The zero-order valence-electron chi connectivity index (χ0n) is 12.1. The van der Waals surface area contributed by atoms with Crippen LogP contribution in [0.4, 0.5) is 5.95 Å². The average molecular weight is 250 g/mol. The molecule has 0 amide bonds. The Balaban J connectivity index is 2.74. The maximum absolute atomic E-state index is 5.93. The Hall–Kier alpha value is -1.16. The normalized spacial score (nSPS) is 12.8. The number of nitrogens with two attached hydrogens (primary N) is 1. The average Bonchev–Trinajstić information content (AvgIpc) is 2.36. The molecule has 0 aliphatic rings. The van der Waals surface area contributed by atoms with E-state index in [4.69, 9.17) is 5.73 Å². The molecule has 0 saturated carbocycles. The van der Waals surface area contributed by atoms with E-state index in [0.717, 1.165) is 37.3 Å². The first-order chi connectivity index (χ1) is 8.58. The largest absolute Gasteiger partial charge is 0.338 e. The monoisotopic (exact) mass is 250 g/mol. The fourth-order valence-corrected chi connectivity index (χ4v) is 1.88. The molecule has 1 aromatic heterocycles. The van der Waals surface area contributed by atoms with Gasteiger partial charge in [-0.25, -0.2) is 9.97 Å². The van der Waals surface area contributed by atoms with E-state index in [1.807, 2.05) is 12.4 Å². The Morgan fingerprint density at radius 1 is 1.22 bits per heavy atom. The molecule has 0 spiro atoms. The fraction of sp³-hybridized carbons (Fsp3) is 0.714. The van der Waals surface area contributed by atoms with E-state index >= 15 is 0 Å². The van der Waals surface area contributed by atoms with E-state index in [2.05, 4.69) is 42.6 Å². The van der Waals surface area contributed by atoms with Gasteiger partial charge in [0, 0.05) is 31.0 Å². The second-order valence-electron chi connectivity index (χ2n) is 5.05. The summed E-state index contributed by atoms with van der Waals surface area (Å²) >= 11 is 0. The number of rotatable bonds is 7. The highest BCUT2D eigenvalue weighted by Crippen LogP contribution is 2.12.